The van der Waals surface area contributed by atoms with E-state index in [1.807, 2.05) is 32.9 Å². The predicted octanol–water partition coefficient (Wildman–Crippen LogP) is 4.86. The molecule has 2 aromatic carbocycles. The molecule has 0 bridgehead atoms. The van der Waals surface area contributed by atoms with Gasteiger partial charge in [0.1, 0.15) is 6.54 Å². The van der Waals surface area contributed by atoms with Crippen molar-refractivity contribution >= 4 is 40.6 Å². The lowest BCUT2D eigenvalue weighted by atomic mass is 10.2. The molecule has 1 fully saturated rings. The first-order valence-corrected chi connectivity index (χ1v) is 11.2. The fourth-order valence-corrected chi connectivity index (χ4v) is 3.89. The summed E-state index contributed by atoms with van der Waals surface area (Å²) in [5.41, 5.74) is 2.24. The predicted molar refractivity (Wildman–Crippen MR) is 126 cm³/mol. The third kappa shape index (κ3) is 5.70. The van der Waals surface area contributed by atoms with Gasteiger partial charge < -0.3 is 14.8 Å². The molecule has 0 atom stereocenters. The van der Waals surface area contributed by atoms with Crippen LogP contribution >= 0.6 is 11.8 Å². The first-order chi connectivity index (χ1) is 15.4. The summed E-state index contributed by atoms with van der Waals surface area (Å²) in [6.45, 7) is 6.47. The number of aryl methyl sites for hydroxylation is 1. The van der Waals surface area contributed by atoms with Gasteiger partial charge in [0.15, 0.2) is 11.5 Å². The topological polar surface area (TPSA) is 84.9 Å². The number of amides is 3. The monoisotopic (exact) mass is 454 g/mol. The summed E-state index contributed by atoms with van der Waals surface area (Å²) in [5.74, 6) is 0.279. The number of rotatable bonds is 9. The van der Waals surface area contributed by atoms with Crippen molar-refractivity contribution in [2.24, 2.45) is 0 Å². The van der Waals surface area contributed by atoms with Crippen LogP contribution in [0.4, 0.5) is 10.5 Å². The normalized spacial score (nSPS) is 14.7. The molecule has 0 unspecified atom stereocenters. The fraction of sp³-hybridized carbons (Fsp3) is 0.292. The Balaban J connectivity index is 1.72. The molecule has 1 N–H and O–H groups in total. The molecule has 0 saturated carbocycles. The zero-order chi connectivity index (χ0) is 23.1. The van der Waals surface area contributed by atoms with Crippen molar-refractivity contribution in [2.75, 3.05) is 25.1 Å². The largest absolute Gasteiger partial charge is 0.490 e. The van der Waals surface area contributed by atoms with E-state index in [4.69, 9.17) is 9.47 Å². The summed E-state index contributed by atoms with van der Waals surface area (Å²) in [7, 11) is 0. The van der Waals surface area contributed by atoms with E-state index < -0.39 is 17.1 Å². The Morgan fingerprint density at radius 3 is 2.59 bits per heavy atom. The maximum atomic E-state index is 12.8. The minimum atomic E-state index is -0.496. The summed E-state index contributed by atoms with van der Waals surface area (Å²) >= 11 is 0.812. The Kier molecular flexibility index (Phi) is 7.94. The highest BCUT2D eigenvalue weighted by Crippen LogP contribution is 2.34. The molecule has 0 spiro atoms. The van der Waals surface area contributed by atoms with E-state index in [2.05, 4.69) is 5.32 Å². The average molecular weight is 455 g/mol. The van der Waals surface area contributed by atoms with Gasteiger partial charge in [-0.3, -0.25) is 19.3 Å². The van der Waals surface area contributed by atoms with E-state index in [0.29, 0.717) is 36.0 Å². The zero-order valence-electron chi connectivity index (χ0n) is 18.3. The lowest BCUT2D eigenvalue weighted by molar-refractivity contribution is -0.127. The average Bonchev–Trinajstić information content (AvgIpc) is 3.02. The van der Waals surface area contributed by atoms with Crippen molar-refractivity contribution in [3.63, 3.8) is 0 Å². The number of hydrogen-bond donors (Lipinski definition) is 1. The van der Waals surface area contributed by atoms with Crippen molar-refractivity contribution in [2.45, 2.75) is 27.2 Å². The Labute approximate surface area is 191 Å². The number of thioether (sulfide) groups is 1. The Morgan fingerprint density at radius 2 is 1.88 bits per heavy atom. The molecule has 8 heteroatoms. The van der Waals surface area contributed by atoms with E-state index in [9.17, 15) is 14.4 Å². The Hall–Kier alpha value is -3.26. The molecule has 0 radical (unpaired) electrons. The molecule has 2 aromatic rings. The number of nitrogens with zero attached hydrogens (tertiary/aromatic N) is 1. The molecule has 0 aliphatic carbocycles. The number of carbonyl (C=O) groups excluding carboxylic acids is 3. The van der Waals surface area contributed by atoms with E-state index in [1.165, 1.54) is 0 Å². The molecule has 0 aromatic heterocycles. The summed E-state index contributed by atoms with van der Waals surface area (Å²) in [6, 6.07) is 12.7. The minimum absolute atomic E-state index is 0.253. The Bertz CT molecular complexity index is 1050. The van der Waals surface area contributed by atoms with Gasteiger partial charge in [-0.2, -0.15) is 0 Å². The summed E-state index contributed by atoms with van der Waals surface area (Å²) in [5, 5.41) is 2.27. The lowest BCUT2D eigenvalue weighted by Gasteiger charge is -2.13. The number of ether oxygens (including phenoxy) is 2. The van der Waals surface area contributed by atoms with Gasteiger partial charge in [0, 0.05) is 5.69 Å². The number of benzene rings is 2. The van der Waals surface area contributed by atoms with E-state index in [-0.39, 0.29) is 11.4 Å². The SMILES string of the molecule is CCCOc1ccc(/C=C2\SC(=O)N(CC(=O)Nc3ccccc3C)C2=O)cc1OCC. The number of nitrogens with one attached hydrogen (secondary N) is 1. The molecule has 32 heavy (non-hydrogen) atoms. The van der Waals surface area contributed by atoms with Crippen molar-refractivity contribution < 1.29 is 23.9 Å². The number of hydrogen-bond acceptors (Lipinski definition) is 6. The lowest BCUT2D eigenvalue weighted by Crippen LogP contribution is -2.36. The van der Waals surface area contributed by atoms with E-state index in [0.717, 1.165) is 28.6 Å². The van der Waals surface area contributed by atoms with Gasteiger partial charge in [-0.25, -0.2) is 0 Å². The molecule has 1 aliphatic heterocycles. The standard InChI is InChI=1S/C24H26N2O5S/c1-4-12-31-19-11-10-17(13-20(19)30-5-2)14-21-23(28)26(24(29)32-21)15-22(27)25-18-9-7-6-8-16(18)3/h6-11,13-14H,4-5,12,15H2,1-3H3,(H,25,27)/b21-14-. The van der Waals surface area contributed by atoms with Crippen LogP contribution in [-0.2, 0) is 9.59 Å². The van der Waals surface area contributed by atoms with Crippen molar-refractivity contribution in [3.8, 4) is 11.5 Å². The van der Waals surface area contributed by atoms with Gasteiger partial charge in [-0.15, -0.1) is 0 Å². The quantitative estimate of drug-likeness (QED) is 0.545. The van der Waals surface area contributed by atoms with Crippen LogP contribution in [-0.4, -0.2) is 41.7 Å². The van der Waals surface area contributed by atoms with Crippen molar-refractivity contribution in [1.29, 1.82) is 0 Å². The molecule has 1 heterocycles. The van der Waals surface area contributed by atoms with Gasteiger partial charge in [-0.05, 0) is 67.4 Å². The zero-order valence-corrected chi connectivity index (χ0v) is 19.2. The second-order valence-corrected chi connectivity index (χ2v) is 8.11. The van der Waals surface area contributed by atoms with Crippen LogP contribution in [0.1, 0.15) is 31.4 Å². The second kappa shape index (κ2) is 10.9. The van der Waals surface area contributed by atoms with Gasteiger partial charge >= 0.3 is 0 Å². The molecular weight excluding hydrogens is 428 g/mol. The van der Waals surface area contributed by atoms with Crippen LogP contribution < -0.4 is 14.8 Å². The third-order valence-electron chi connectivity index (χ3n) is 4.62. The second-order valence-electron chi connectivity index (χ2n) is 7.12. The minimum Gasteiger partial charge on any atom is -0.490 e. The van der Waals surface area contributed by atoms with Gasteiger partial charge in [0.2, 0.25) is 5.91 Å². The molecule has 1 saturated heterocycles. The number of carbonyl (C=O) groups is 3. The smallest absolute Gasteiger partial charge is 0.294 e. The van der Waals surface area contributed by atoms with Crippen LogP contribution in [0.25, 0.3) is 6.08 Å². The highest BCUT2D eigenvalue weighted by molar-refractivity contribution is 8.18. The summed E-state index contributed by atoms with van der Waals surface area (Å²) in [4.78, 5) is 38.8. The number of para-hydroxylation sites is 1. The molecule has 1 aliphatic rings. The van der Waals surface area contributed by atoms with Gasteiger partial charge in [-0.1, -0.05) is 31.2 Å². The maximum Gasteiger partial charge on any atom is 0.294 e. The molecule has 3 amide bonds. The molecule has 7 nitrogen and oxygen atoms in total. The summed E-state index contributed by atoms with van der Waals surface area (Å²) < 4.78 is 11.3. The van der Waals surface area contributed by atoms with Crippen LogP contribution in [0.2, 0.25) is 0 Å². The van der Waals surface area contributed by atoms with Gasteiger partial charge in [0.25, 0.3) is 11.1 Å². The Morgan fingerprint density at radius 1 is 1.09 bits per heavy atom. The molecule has 3 rings (SSSR count). The first kappa shape index (κ1) is 23.4. The number of anilines is 1. The highest BCUT2D eigenvalue weighted by Gasteiger charge is 2.36. The van der Waals surface area contributed by atoms with Gasteiger partial charge in [0.05, 0.1) is 18.1 Å². The van der Waals surface area contributed by atoms with Crippen LogP contribution in [0.15, 0.2) is 47.4 Å². The first-order valence-electron chi connectivity index (χ1n) is 10.4. The van der Waals surface area contributed by atoms with E-state index in [1.54, 1.807) is 36.4 Å². The van der Waals surface area contributed by atoms with Crippen molar-refractivity contribution in [3.05, 3.63) is 58.5 Å². The number of imide groups is 1. The van der Waals surface area contributed by atoms with Crippen LogP contribution in [0, 0.1) is 6.92 Å². The third-order valence-corrected chi connectivity index (χ3v) is 5.53. The van der Waals surface area contributed by atoms with Crippen LogP contribution in [0.3, 0.4) is 0 Å². The maximum absolute atomic E-state index is 12.8. The molecule has 168 valence electrons. The fourth-order valence-electron chi connectivity index (χ4n) is 3.05. The van der Waals surface area contributed by atoms with Crippen molar-refractivity contribution in [1.82, 2.24) is 4.90 Å². The summed E-state index contributed by atoms with van der Waals surface area (Å²) in [6.07, 6.45) is 2.49. The van der Waals surface area contributed by atoms with E-state index >= 15 is 0 Å². The molecular formula is C24H26N2O5S. The highest BCUT2D eigenvalue weighted by atomic mass is 32.2. The van der Waals surface area contributed by atoms with Crippen LogP contribution in [0.5, 0.6) is 11.5 Å².